The fraction of sp³-hybridized carbons (Fsp3) is 0.412. The Morgan fingerprint density at radius 2 is 2.15 bits per heavy atom. The Morgan fingerprint density at radius 3 is 2.77 bits per heavy atom. The van der Waals surface area contributed by atoms with Crippen LogP contribution in [0.5, 0.6) is 0 Å². The maximum atomic E-state index is 13.9. The SMILES string of the molecule is CC#CCC(c1noc2cc(N)c(F)cc12)S(=O)(=O)C1=NOC(C)(C)C1. The average molecular weight is 379 g/mol. The van der Waals surface area contributed by atoms with Gasteiger partial charge in [-0.1, -0.05) is 10.3 Å². The minimum Gasteiger partial charge on any atom is -0.396 e. The number of oxime groups is 1. The average Bonchev–Trinajstić information content (AvgIpc) is 3.12. The molecule has 0 bridgehead atoms. The van der Waals surface area contributed by atoms with Crippen LogP contribution in [0.2, 0.25) is 0 Å². The number of fused-ring (bicyclic) bond motifs is 1. The summed E-state index contributed by atoms with van der Waals surface area (Å²) in [5, 5.41) is 6.60. The van der Waals surface area contributed by atoms with Crippen LogP contribution in [0.25, 0.3) is 11.0 Å². The van der Waals surface area contributed by atoms with Gasteiger partial charge in [-0.05, 0) is 26.8 Å². The van der Waals surface area contributed by atoms with Gasteiger partial charge in [0.2, 0.25) is 9.84 Å². The lowest BCUT2D eigenvalue weighted by molar-refractivity contribution is 0.0123. The Morgan fingerprint density at radius 1 is 1.42 bits per heavy atom. The van der Waals surface area contributed by atoms with Crippen molar-refractivity contribution in [2.24, 2.45) is 5.16 Å². The van der Waals surface area contributed by atoms with Gasteiger partial charge in [-0.3, -0.25) is 0 Å². The van der Waals surface area contributed by atoms with Crippen molar-refractivity contribution in [3.63, 3.8) is 0 Å². The Bertz CT molecular complexity index is 1060. The molecule has 0 spiro atoms. The Labute approximate surface area is 150 Å². The number of aromatic nitrogens is 1. The Balaban J connectivity index is 2.12. The van der Waals surface area contributed by atoms with Crippen molar-refractivity contribution in [3.05, 3.63) is 23.6 Å². The van der Waals surface area contributed by atoms with E-state index in [0.717, 1.165) is 6.07 Å². The van der Waals surface area contributed by atoms with Crippen molar-refractivity contribution in [1.82, 2.24) is 5.16 Å². The molecule has 3 rings (SSSR count). The molecule has 0 amide bonds. The van der Waals surface area contributed by atoms with Crippen LogP contribution in [0.1, 0.15) is 44.6 Å². The fourth-order valence-corrected chi connectivity index (χ4v) is 4.48. The van der Waals surface area contributed by atoms with Crippen LogP contribution in [0.3, 0.4) is 0 Å². The van der Waals surface area contributed by atoms with E-state index in [2.05, 4.69) is 22.2 Å². The van der Waals surface area contributed by atoms with E-state index >= 15 is 0 Å². The molecular weight excluding hydrogens is 361 g/mol. The van der Waals surface area contributed by atoms with Gasteiger partial charge in [0.15, 0.2) is 10.6 Å². The first-order chi connectivity index (χ1) is 12.2. The quantitative estimate of drug-likeness (QED) is 0.649. The molecule has 1 aliphatic heterocycles. The highest BCUT2D eigenvalue weighted by Gasteiger charge is 2.42. The van der Waals surface area contributed by atoms with Crippen LogP contribution >= 0.6 is 0 Å². The summed E-state index contributed by atoms with van der Waals surface area (Å²) in [5.74, 6) is 4.74. The molecule has 0 fully saturated rings. The molecule has 1 aliphatic rings. The molecule has 0 saturated carbocycles. The Hall–Kier alpha value is -2.60. The van der Waals surface area contributed by atoms with Crippen molar-refractivity contribution in [3.8, 4) is 11.8 Å². The van der Waals surface area contributed by atoms with Gasteiger partial charge in [0.25, 0.3) is 0 Å². The van der Waals surface area contributed by atoms with Gasteiger partial charge in [-0.15, -0.1) is 11.8 Å². The van der Waals surface area contributed by atoms with E-state index < -0.39 is 26.5 Å². The lowest BCUT2D eigenvalue weighted by atomic mass is 10.1. The van der Waals surface area contributed by atoms with Crippen LogP contribution < -0.4 is 5.73 Å². The number of sulfone groups is 1. The van der Waals surface area contributed by atoms with Crippen molar-refractivity contribution in [1.29, 1.82) is 0 Å². The van der Waals surface area contributed by atoms with Crippen LogP contribution in [0, 0.1) is 17.7 Å². The summed E-state index contributed by atoms with van der Waals surface area (Å²) < 4.78 is 45.4. The van der Waals surface area contributed by atoms with Crippen LogP contribution in [-0.4, -0.2) is 24.2 Å². The predicted molar refractivity (Wildman–Crippen MR) is 95.3 cm³/mol. The summed E-state index contributed by atoms with van der Waals surface area (Å²) in [5.41, 5.74) is 4.99. The fourth-order valence-electron chi connectivity index (χ4n) is 2.69. The second-order valence-electron chi connectivity index (χ2n) is 6.62. The molecule has 2 aromatic rings. The molecule has 138 valence electrons. The highest BCUT2D eigenvalue weighted by Crippen LogP contribution is 2.37. The van der Waals surface area contributed by atoms with E-state index in [0.29, 0.717) is 0 Å². The number of rotatable bonds is 3. The molecule has 2 N–H and O–H groups in total. The number of benzene rings is 1. The molecule has 26 heavy (non-hydrogen) atoms. The zero-order valence-electron chi connectivity index (χ0n) is 14.5. The Kier molecular flexibility index (Phi) is 4.40. The number of halogens is 1. The molecule has 0 radical (unpaired) electrons. The highest BCUT2D eigenvalue weighted by atomic mass is 32.2. The number of anilines is 1. The number of nitrogens with two attached hydrogens (primary N) is 1. The van der Waals surface area contributed by atoms with Crippen molar-refractivity contribution in [2.45, 2.75) is 44.5 Å². The smallest absolute Gasteiger partial charge is 0.204 e. The summed E-state index contributed by atoms with van der Waals surface area (Å²) in [6, 6.07) is 2.39. The van der Waals surface area contributed by atoms with E-state index in [4.69, 9.17) is 15.1 Å². The molecular formula is C17H18FN3O4S. The molecule has 0 aliphatic carbocycles. The number of nitrogens with zero attached hydrogens (tertiary/aromatic N) is 2. The third-order valence-electron chi connectivity index (χ3n) is 4.06. The molecule has 1 aromatic carbocycles. The monoisotopic (exact) mass is 379 g/mol. The zero-order chi connectivity index (χ0) is 19.1. The predicted octanol–water partition coefficient (Wildman–Crippen LogP) is 2.93. The zero-order valence-corrected chi connectivity index (χ0v) is 15.4. The van der Waals surface area contributed by atoms with E-state index in [1.807, 2.05) is 0 Å². The maximum absolute atomic E-state index is 13.9. The topological polar surface area (TPSA) is 108 Å². The number of nitrogen functional groups attached to an aromatic ring is 1. The van der Waals surface area contributed by atoms with E-state index in [9.17, 15) is 12.8 Å². The van der Waals surface area contributed by atoms with Crippen LogP contribution in [-0.2, 0) is 14.7 Å². The van der Waals surface area contributed by atoms with Gasteiger partial charge in [0.05, 0.1) is 5.69 Å². The molecule has 9 heteroatoms. The first-order valence-corrected chi connectivity index (χ1v) is 9.43. The van der Waals surface area contributed by atoms with Crippen molar-refractivity contribution >= 4 is 31.5 Å². The minimum atomic E-state index is -3.94. The van der Waals surface area contributed by atoms with Gasteiger partial charge < -0.3 is 15.1 Å². The second kappa shape index (κ2) is 6.29. The maximum Gasteiger partial charge on any atom is 0.204 e. The van der Waals surface area contributed by atoms with Crippen molar-refractivity contribution < 1.29 is 22.2 Å². The minimum absolute atomic E-state index is 0.0358. The standard InChI is InChI=1S/C17H18FN3O4S/c1-4-5-6-14(26(22,23)15-9-17(2,3)25-20-15)16-10-7-11(18)12(19)8-13(10)24-21-16/h7-8,14H,6,9,19H2,1-3H3. The lowest BCUT2D eigenvalue weighted by Crippen LogP contribution is -2.26. The molecule has 1 aromatic heterocycles. The van der Waals surface area contributed by atoms with Crippen molar-refractivity contribution in [2.75, 3.05) is 5.73 Å². The molecule has 7 nitrogen and oxygen atoms in total. The summed E-state index contributed by atoms with van der Waals surface area (Å²) >= 11 is 0. The second-order valence-corrected chi connectivity index (χ2v) is 8.75. The third-order valence-corrected chi connectivity index (χ3v) is 6.08. The molecule has 1 atom stereocenters. The molecule has 2 heterocycles. The summed E-state index contributed by atoms with van der Waals surface area (Å²) in [4.78, 5) is 5.19. The summed E-state index contributed by atoms with van der Waals surface area (Å²) in [6.07, 6.45) is 0.0917. The first kappa shape index (κ1) is 18.2. The normalized spacial score (nSPS) is 17.3. The van der Waals surface area contributed by atoms with E-state index in [1.165, 1.54) is 6.07 Å². The van der Waals surface area contributed by atoms with Gasteiger partial charge >= 0.3 is 0 Å². The summed E-state index contributed by atoms with van der Waals surface area (Å²) in [7, 11) is -3.94. The molecule has 1 unspecified atom stereocenters. The number of hydrogen-bond donors (Lipinski definition) is 1. The van der Waals surface area contributed by atoms with Gasteiger partial charge in [-0.25, -0.2) is 12.8 Å². The van der Waals surface area contributed by atoms with Gasteiger partial charge in [0, 0.05) is 24.3 Å². The summed E-state index contributed by atoms with van der Waals surface area (Å²) in [6.45, 7) is 5.08. The van der Waals surface area contributed by atoms with E-state index in [1.54, 1.807) is 20.8 Å². The lowest BCUT2D eigenvalue weighted by Gasteiger charge is -2.15. The third kappa shape index (κ3) is 3.12. The van der Waals surface area contributed by atoms with Gasteiger partial charge in [0.1, 0.15) is 22.4 Å². The highest BCUT2D eigenvalue weighted by molar-refractivity contribution is 8.06. The van der Waals surface area contributed by atoms with Crippen LogP contribution in [0.4, 0.5) is 10.1 Å². The van der Waals surface area contributed by atoms with Crippen LogP contribution in [0.15, 0.2) is 21.8 Å². The van der Waals surface area contributed by atoms with E-state index in [-0.39, 0.29) is 40.2 Å². The first-order valence-electron chi connectivity index (χ1n) is 7.88. The van der Waals surface area contributed by atoms with Gasteiger partial charge in [-0.2, -0.15) is 0 Å². The largest absolute Gasteiger partial charge is 0.396 e. The number of hydrogen-bond acceptors (Lipinski definition) is 7. The molecule has 0 saturated heterocycles.